The zero-order valence-electron chi connectivity index (χ0n) is 15.1. The van der Waals surface area contributed by atoms with Gasteiger partial charge in [-0.1, -0.05) is 12.1 Å². The Morgan fingerprint density at radius 1 is 1.11 bits per heavy atom. The number of rotatable bonds is 3. The predicted molar refractivity (Wildman–Crippen MR) is 99.4 cm³/mol. The van der Waals surface area contributed by atoms with Crippen LogP contribution in [-0.2, 0) is 17.6 Å². The van der Waals surface area contributed by atoms with Crippen molar-refractivity contribution in [1.29, 1.82) is 0 Å². The van der Waals surface area contributed by atoms with Gasteiger partial charge in [0.05, 0.1) is 0 Å². The van der Waals surface area contributed by atoms with Crippen molar-refractivity contribution in [1.82, 2.24) is 4.90 Å². The lowest BCUT2D eigenvalue weighted by molar-refractivity contribution is -0.121. The van der Waals surface area contributed by atoms with Gasteiger partial charge in [0.2, 0.25) is 0 Å². The SMILES string of the molecule is O=C1COc2ccc(C(=O)N3CCC(Cc4ccc(F)cc4)CC3)cc2C1. The highest BCUT2D eigenvalue weighted by atomic mass is 19.1. The second-order valence-corrected chi connectivity index (χ2v) is 7.39. The van der Waals surface area contributed by atoms with Crippen LogP contribution in [0, 0.1) is 11.7 Å². The zero-order chi connectivity index (χ0) is 18.8. The van der Waals surface area contributed by atoms with Crippen molar-refractivity contribution >= 4 is 11.7 Å². The van der Waals surface area contributed by atoms with Gasteiger partial charge in [-0.05, 0) is 61.1 Å². The minimum Gasteiger partial charge on any atom is -0.486 e. The smallest absolute Gasteiger partial charge is 0.253 e. The summed E-state index contributed by atoms with van der Waals surface area (Å²) in [4.78, 5) is 26.3. The normalized spacial score (nSPS) is 17.4. The molecular weight excluding hydrogens is 345 g/mol. The van der Waals surface area contributed by atoms with Crippen LogP contribution in [0.4, 0.5) is 4.39 Å². The van der Waals surface area contributed by atoms with Gasteiger partial charge in [0.15, 0.2) is 5.78 Å². The highest BCUT2D eigenvalue weighted by Crippen LogP contribution is 2.27. The van der Waals surface area contributed by atoms with E-state index >= 15 is 0 Å². The molecule has 4 nitrogen and oxygen atoms in total. The van der Waals surface area contributed by atoms with Gasteiger partial charge in [-0.15, -0.1) is 0 Å². The molecule has 0 aliphatic carbocycles. The van der Waals surface area contributed by atoms with E-state index in [0.29, 0.717) is 23.7 Å². The standard InChI is InChI=1S/C22H22FNO3/c23-19-4-1-15(2-5-19)11-16-7-9-24(10-8-16)22(26)17-3-6-21-18(12-17)13-20(25)14-27-21/h1-6,12,16H,7-11,13-14H2. The van der Waals surface area contributed by atoms with Crippen molar-refractivity contribution in [3.63, 3.8) is 0 Å². The number of fused-ring (bicyclic) bond motifs is 1. The van der Waals surface area contributed by atoms with E-state index in [4.69, 9.17) is 4.74 Å². The van der Waals surface area contributed by atoms with E-state index in [0.717, 1.165) is 43.5 Å². The Hall–Kier alpha value is -2.69. The fourth-order valence-corrected chi connectivity index (χ4v) is 3.89. The minimum atomic E-state index is -0.212. The lowest BCUT2D eigenvalue weighted by Gasteiger charge is -2.32. The molecule has 0 radical (unpaired) electrons. The lowest BCUT2D eigenvalue weighted by atomic mass is 9.90. The molecule has 4 rings (SSSR count). The molecule has 0 N–H and O–H groups in total. The van der Waals surface area contributed by atoms with E-state index in [1.54, 1.807) is 18.2 Å². The predicted octanol–water partition coefficient (Wildman–Crippen LogP) is 3.42. The van der Waals surface area contributed by atoms with Gasteiger partial charge in [-0.2, -0.15) is 0 Å². The summed E-state index contributed by atoms with van der Waals surface area (Å²) in [6, 6.07) is 12.0. The van der Waals surface area contributed by atoms with Crippen LogP contribution in [-0.4, -0.2) is 36.3 Å². The molecule has 0 aromatic heterocycles. The van der Waals surface area contributed by atoms with E-state index in [2.05, 4.69) is 0 Å². The maximum Gasteiger partial charge on any atom is 0.253 e. The van der Waals surface area contributed by atoms with E-state index in [1.807, 2.05) is 17.0 Å². The zero-order valence-corrected chi connectivity index (χ0v) is 15.1. The Bertz CT molecular complexity index is 854. The van der Waals surface area contributed by atoms with Gasteiger partial charge in [-0.3, -0.25) is 9.59 Å². The van der Waals surface area contributed by atoms with Gasteiger partial charge in [0, 0.05) is 30.6 Å². The largest absolute Gasteiger partial charge is 0.486 e. The van der Waals surface area contributed by atoms with Crippen molar-refractivity contribution in [3.8, 4) is 5.75 Å². The van der Waals surface area contributed by atoms with Gasteiger partial charge in [0.1, 0.15) is 18.2 Å². The molecule has 5 heteroatoms. The molecule has 2 aliphatic rings. The van der Waals surface area contributed by atoms with Crippen LogP contribution in [0.25, 0.3) is 0 Å². The van der Waals surface area contributed by atoms with Crippen LogP contribution < -0.4 is 4.74 Å². The average Bonchev–Trinajstić information content (AvgIpc) is 2.69. The van der Waals surface area contributed by atoms with Gasteiger partial charge >= 0.3 is 0 Å². The summed E-state index contributed by atoms with van der Waals surface area (Å²) in [5.41, 5.74) is 2.55. The molecule has 2 heterocycles. The number of piperidine rings is 1. The first-order valence-electron chi connectivity index (χ1n) is 9.39. The maximum absolute atomic E-state index is 13.0. The molecule has 1 fully saturated rings. The third kappa shape index (κ3) is 4.02. The van der Waals surface area contributed by atoms with E-state index < -0.39 is 0 Å². The number of ether oxygens (including phenoxy) is 1. The van der Waals surface area contributed by atoms with Crippen molar-refractivity contribution in [2.75, 3.05) is 19.7 Å². The molecule has 0 bridgehead atoms. The van der Waals surface area contributed by atoms with E-state index in [1.165, 1.54) is 12.1 Å². The Morgan fingerprint density at radius 3 is 2.59 bits per heavy atom. The quantitative estimate of drug-likeness (QED) is 0.835. The lowest BCUT2D eigenvalue weighted by Crippen LogP contribution is -2.39. The monoisotopic (exact) mass is 367 g/mol. The third-order valence-corrected chi connectivity index (χ3v) is 5.42. The van der Waals surface area contributed by atoms with Crippen LogP contribution in [0.5, 0.6) is 5.75 Å². The Labute approximate surface area is 157 Å². The topological polar surface area (TPSA) is 46.6 Å². The van der Waals surface area contributed by atoms with Crippen LogP contribution in [0.1, 0.15) is 34.3 Å². The van der Waals surface area contributed by atoms with Gasteiger partial charge in [-0.25, -0.2) is 4.39 Å². The maximum atomic E-state index is 13.0. The molecule has 0 spiro atoms. The van der Waals surface area contributed by atoms with Crippen molar-refractivity contribution in [2.24, 2.45) is 5.92 Å². The number of halogens is 1. The molecule has 1 amide bonds. The highest BCUT2D eigenvalue weighted by Gasteiger charge is 2.25. The number of ketones is 1. The van der Waals surface area contributed by atoms with Crippen molar-refractivity contribution in [3.05, 3.63) is 65.0 Å². The number of hydrogen-bond donors (Lipinski definition) is 0. The second-order valence-electron chi connectivity index (χ2n) is 7.39. The highest BCUT2D eigenvalue weighted by molar-refractivity contribution is 5.95. The number of likely N-dealkylation sites (tertiary alicyclic amines) is 1. The molecule has 0 saturated carbocycles. The fourth-order valence-electron chi connectivity index (χ4n) is 3.89. The molecule has 2 aliphatic heterocycles. The molecule has 2 aromatic carbocycles. The molecule has 1 saturated heterocycles. The van der Waals surface area contributed by atoms with Crippen LogP contribution in [0.2, 0.25) is 0 Å². The molecule has 27 heavy (non-hydrogen) atoms. The number of nitrogens with zero attached hydrogens (tertiary/aromatic N) is 1. The summed E-state index contributed by atoms with van der Waals surface area (Å²) in [5, 5.41) is 0. The first kappa shape index (κ1) is 17.7. The first-order valence-corrected chi connectivity index (χ1v) is 9.39. The van der Waals surface area contributed by atoms with Gasteiger partial charge in [0.25, 0.3) is 5.91 Å². The van der Waals surface area contributed by atoms with Crippen molar-refractivity contribution < 1.29 is 18.7 Å². The minimum absolute atomic E-state index is 0.0102. The van der Waals surface area contributed by atoms with E-state index in [9.17, 15) is 14.0 Å². The Balaban J connectivity index is 1.36. The third-order valence-electron chi connectivity index (χ3n) is 5.42. The number of amides is 1. The summed E-state index contributed by atoms with van der Waals surface area (Å²) in [7, 11) is 0. The van der Waals surface area contributed by atoms with Gasteiger partial charge < -0.3 is 9.64 Å². The second kappa shape index (κ2) is 7.51. The molecule has 2 aromatic rings. The fraction of sp³-hybridized carbons (Fsp3) is 0.364. The number of carbonyl (C=O) groups is 2. The average molecular weight is 367 g/mol. The first-order chi connectivity index (χ1) is 13.1. The molecule has 0 unspecified atom stereocenters. The van der Waals surface area contributed by atoms with E-state index in [-0.39, 0.29) is 24.1 Å². The summed E-state index contributed by atoms with van der Waals surface area (Å²) in [6.45, 7) is 1.55. The molecule has 140 valence electrons. The van der Waals surface area contributed by atoms with Crippen LogP contribution in [0.15, 0.2) is 42.5 Å². The number of Topliss-reactive ketones (excluding diaryl/α,β-unsaturated/α-hetero) is 1. The Morgan fingerprint density at radius 2 is 1.85 bits per heavy atom. The van der Waals surface area contributed by atoms with Crippen molar-refractivity contribution in [2.45, 2.75) is 25.7 Å². The number of carbonyl (C=O) groups excluding carboxylic acids is 2. The summed E-state index contributed by atoms with van der Waals surface area (Å²) < 4.78 is 18.4. The summed E-state index contributed by atoms with van der Waals surface area (Å²) in [6.07, 6.45) is 3.13. The summed E-state index contributed by atoms with van der Waals surface area (Å²) >= 11 is 0. The van der Waals surface area contributed by atoms with Crippen LogP contribution >= 0.6 is 0 Å². The molecular formula is C22H22FNO3. The summed E-state index contributed by atoms with van der Waals surface area (Å²) in [5.74, 6) is 1.04. The van der Waals surface area contributed by atoms with Crippen LogP contribution in [0.3, 0.4) is 0 Å². The number of benzene rings is 2. The Kier molecular flexibility index (Phi) is 4.92. The molecule has 0 atom stereocenters. The number of hydrogen-bond acceptors (Lipinski definition) is 3.